The Morgan fingerprint density at radius 2 is 1.20 bits per heavy atom. The van der Waals surface area contributed by atoms with E-state index in [2.05, 4.69) is 136 Å². The van der Waals surface area contributed by atoms with Crippen LogP contribution < -0.4 is 4.90 Å². The van der Waals surface area contributed by atoms with Gasteiger partial charge in [-0.2, -0.15) is 0 Å². The van der Waals surface area contributed by atoms with Crippen LogP contribution in [0.5, 0.6) is 0 Å². The predicted octanol–water partition coefficient (Wildman–Crippen LogP) is 13.1. The van der Waals surface area contributed by atoms with E-state index in [1.54, 1.807) is 11.1 Å². The number of benzene rings is 5. The van der Waals surface area contributed by atoms with E-state index in [1.165, 1.54) is 95.0 Å². The molecule has 0 N–H and O–H groups in total. The van der Waals surface area contributed by atoms with Crippen molar-refractivity contribution in [3.05, 3.63) is 125 Å². The average molecular weight is 654 g/mol. The lowest BCUT2D eigenvalue weighted by atomic mass is 9.43. The fourth-order valence-electron chi connectivity index (χ4n) is 12.5. The summed E-state index contributed by atoms with van der Waals surface area (Å²) in [6, 6.07) is 39.5. The highest BCUT2D eigenvalue weighted by molar-refractivity contribution is 6.13. The van der Waals surface area contributed by atoms with Gasteiger partial charge in [-0.3, -0.25) is 0 Å². The predicted molar refractivity (Wildman–Crippen MR) is 207 cm³/mol. The summed E-state index contributed by atoms with van der Waals surface area (Å²) >= 11 is 0. The Kier molecular flexibility index (Phi) is 5.85. The number of nitrogens with zero attached hydrogens (tertiary/aromatic N) is 1. The van der Waals surface area contributed by atoms with E-state index >= 15 is 0 Å². The molecule has 250 valence electrons. The molecule has 12 rings (SSSR count). The van der Waals surface area contributed by atoms with E-state index in [4.69, 9.17) is 4.42 Å². The molecule has 50 heavy (non-hydrogen) atoms. The fourth-order valence-corrected chi connectivity index (χ4v) is 12.5. The SMILES string of the molecule is CC1(C)CCC(C)(C)c2c(N(c3ccc4c(c3)-c3ccccc3C43C4CC5CC(C4)CC3C5)c3cccc4oc5ccccc5c34)cccc21. The normalized spacial score (nSPS) is 27.8. The first-order valence-corrected chi connectivity index (χ1v) is 19.3. The van der Waals surface area contributed by atoms with Crippen molar-refractivity contribution < 1.29 is 4.42 Å². The minimum atomic E-state index is 0.0415. The van der Waals surface area contributed by atoms with Crippen molar-refractivity contribution in [3.63, 3.8) is 0 Å². The monoisotopic (exact) mass is 653 g/mol. The van der Waals surface area contributed by atoms with E-state index in [9.17, 15) is 0 Å². The van der Waals surface area contributed by atoms with E-state index in [1.807, 2.05) is 0 Å². The zero-order chi connectivity index (χ0) is 33.6. The smallest absolute Gasteiger partial charge is 0.137 e. The lowest BCUT2D eigenvalue weighted by Crippen LogP contribution is -2.55. The zero-order valence-corrected chi connectivity index (χ0v) is 29.9. The maximum absolute atomic E-state index is 6.53. The Bertz CT molecular complexity index is 2340. The molecule has 6 aliphatic carbocycles. The van der Waals surface area contributed by atoms with Crippen molar-refractivity contribution in [1.29, 1.82) is 0 Å². The number of fused-ring (bicyclic) bond motifs is 7. The maximum atomic E-state index is 6.53. The number of hydrogen-bond acceptors (Lipinski definition) is 2. The fraction of sp³-hybridized carbons (Fsp3) is 0.375. The number of anilines is 3. The van der Waals surface area contributed by atoms with Crippen LogP contribution in [0.15, 0.2) is 108 Å². The first-order valence-electron chi connectivity index (χ1n) is 19.3. The maximum Gasteiger partial charge on any atom is 0.137 e. The molecule has 0 radical (unpaired) electrons. The Labute approximate surface area is 296 Å². The van der Waals surface area contributed by atoms with Gasteiger partial charge in [0.2, 0.25) is 0 Å². The Morgan fingerprint density at radius 3 is 2.02 bits per heavy atom. The largest absolute Gasteiger partial charge is 0.456 e. The Hall–Kier alpha value is -4.30. The molecule has 1 aromatic heterocycles. The zero-order valence-electron chi connectivity index (χ0n) is 29.9. The van der Waals surface area contributed by atoms with E-state index in [-0.39, 0.29) is 16.2 Å². The van der Waals surface area contributed by atoms with Crippen LogP contribution in [0.2, 0.25) is 0 Å². The van der Waals surface area contributed by atoms with Gasteiger partial charge in [-0.05, 0) is 149 Å². The molecule has 4 fully saturated rings. The Morgan fingerprint density at radius 1 is 0.560 bits per heavy atom. The molecule has 0 aliphatic heterocycles. The highest BCUT2D eigenvalue weighted by Crippen LogP contribution is 2.69. The molecule has 6 aliphatic rings. The highest BCUT2D eigenvalue weighted by Gasteiger charge is 2.61. The first kappa shape index (κ1) is 29.4. The first-order chi connectivity index (χ1) is 24.2. The van der Waals surface area contributed by atoms with Gasteiger partial charge < -0.3 is 9.32 Å². The van der Waals surface area contributed by atoms with Crippen molar-refractivity contribution in [2.45, 2.75) is 88.9 Å². The average Bonchev–Trinajstić information content (AvgIpc) is 3.63. The second-order valence-corrected chi connectivity index (χ2v) is 18.0. The molecule has 2 nitrogen and oxygen atoms in total. The van der Waals surface area contributed by atoms with E-state index in [0.29, 0.717) is 0 Å². The molecule has 6 aromatic rings. The molecule has 0 atom stereocenters. The lowest BCUT2D eigenvalue weighted by molar-refractivity contribution is -0.0399. The van der Waals surface area contributed by atoms with Crippen molar-refractivity contribution >= 4 is 39.0 Å². The molecule has 0 unspecified atom stereocenters. The minimum Gasteiger partial charge on any atom is -0.456 e. The summed E-state index contributed by atoms with van der Waals surface area (Å²) in [5.41, 5.74) is 15.1. The number of rotatable bonds is 3. The quantitative estimate of drug-likeness (QED) is 0.189. The van der Waals surface area contributed by atoms with Crippen molar-refractivity contribution in [2.24, 2.45) is 23.7 Å². The molecule has 2 heteroatoms. The standard InChI is InChI=1S/C48H47NO/c1-46(2)21-22-47(3,4)45-39(46)14-9-16-41(45)49(40-15-10-18-43-44(40)35-12-6-8-17-42(35)50-43)33-19-20-38-36(28-33)34-11-5-7-13-37(34)48(38)31-24-29-23-30(26-31)27-32(48)25-29/h5-20,28-32H,21-27H2,1-4H3. The third kappa shape index (κ3) is 3.75. The van der Waals surface area contributed by atoms with Gasteiger partial charge >= 0.3 is 0 Å². The summed E-state index contributed by atoms with van der Waals surface area (Å²) in [5.74, 6) is 3.41. The van der Waals surface area contributed by atoms with Gasteiger partial charge in [-0.1, -0.05) is 94.4 Å². The molecular weight excluding hydrogens is 607 g/mol. The van der Waals surface area contributed by atoms with E-state index < -0.39 is 0 Å². The summed E-state index contributed by atoms with van der Waals surface area (Å²) in [5, 5.41) is 2.36. The second kappa shape index (κ2) is 9.93. The third-order valence-electron chi connectivity index (χ3n) is 14.5. The van der Waals surface area contributed by atoms with Gasteiger partial charge in [-0.15, -0.1) is 0 Å². The van der Waals surface area contributed by atoms with Crippen LogP contribution in [0.25, 0.3) is 33.1 Å². The second-order valence-electron chi connectivity index (χ2n) is 18.0. The van der Waals surface area contributed by atoms with Gasteiger partial charge in [0.1, 0.15) is 11.2 Å². The van der Waals surface area contributed by atoms with Crippen molar-refractivity contribution in [3.8, 4) is 11.1 Å². The molecule has 4 saturated carbocycles. The minimum absolute atomic E-state index is 0.0415. The molecule has 4 bridgehead atoms. The van der Waals surface area contributed by atoms with Crippen LogP contribution in [0.1, 0.15) is 94.9 Å². The Balaban J connectivity index is 1.20. The van der Waals surface area contributed by atoms with Crippen molar-refractivity contribution in [1.82, 2.24) is 0 Å². The number of furan rings is 1. The lowest BCUT2D eigenvalue weighted by Gasteiger charge is -2.61. The molecule has 0 amide bonds. The van der Waals surface area contributed by atoms with Gasteiger partial charge in [0.15, 0.2) is 0 Å². The molecule has 5 aromatic carbocycles. The third-order valence-corrected chi connectivity index (χ3v) is 14.5. The van der Waals surface area contributed by atoms with Gasteiger partial charge in [-0.25, -0.2) is 0 Å². The van der Waals surface area contributed by atoms with Crippen LogP contribution in [0.4, 0.5) is 17.1 Å². The topological polar surface area (TPSA) is 16.4 Å². The summed E-state index contributed by atoms with van der Waals surface area (Å²) in [6.07, 6.45) is 9.48. The summed E-state index contributed by atoms with van der Waals surface area (Å²) in [6.45, 7) is 9.81. The molecule has 1 heterocycles. The van der Waals surface area contributed by atoms with Crippen LogP contribution in [-0.4, -0.2) is 0 Å². The highest BCUT2D eigenvalue weighted by atomic mass is 16.3. The van der Waals surface area contributed by atoms with Crippen LogP contribution >= 0.6 is 0 Å². The van der Waals surface area contributed by atoms with Crippen molar-refractivity contribution in [2.75, 3.05) is 4.90 Å². The molecular formula is C48H47NO. The number of hydrogen-bond donors (Lipinski definition) is 0. The van der Waals surface area contributed by atoms with Gasteiger partial charge in [0.25, 0.3) is 0 Å². The molecule has 1 spiro atoms. The van der Waals surface area contributed by atoms with Gasteiger partial charge in [0.05, 0.1) is 16.8 Å². The van der Waals surface area contributed by atoms with Crippen LogP contribution in [-0.2, 0) is 16.2 Å². The summed E-state index contributed by atoms with van der Waals surface area (Å²) in [7, 11) is 0. The number of para-hydroxylation sites is 1. The van der Waals surface area contributed by atoms with Crippen LogP contribution in [0.3, 0.4) is 0 Å². The summed E-state index contributed by atoms with van der Waals surface area (Å²) in [4.78, 5) is 2.61. The van der Waals surface area contributed by atoms with Gasteiger partial charge in [0, 0.05) is 16.5 Å². The summed E-state index contributed by atoms with van der Waals surface area (Å²) < 4.78 is 6.53. The molecule has 0 saturated heterocycles. The van der Waals surface area contributed by atoms with Crippen LogP contribution in [0, 0.1) is 23.7 Å². The van der Waals surface area contributed by atoms with E-state index in [0.717, 1.165) is 34.8 Å².